The van der Waals surface area contributed by atoms with E-state index in [0.717, 1.165) is 55.4 Å². The van der Waals surface area contributed by atoms with Crippen LogP contribution in [0.15, 0.2) is 47.5 Å². The van der Waals surface area contributed by atoms with Gasteiger partial charge in [0, 0.05) is 44.5 Å². The summed E-state index contributed by atoms with van der Waals surface area (Å²) in [5, 5.41) is 9.01. The molecule has 0 atom stereocenters. The average Bonchev–Trinajstić information content (AvgIpc) is 3.26. The molecular formula is C21H25F2N5O. The Hall–Kier alpha value is -3.16. The molecule has 0 aliphatic carbocycles. The third-order valence-electron chi connectivity index (χ3n) is 4.71. The smallest absolute Gasteiger partial charge is 0.321 e. The van der Waals surface area contributed by atoms with Gasteiger partial charge < -0.3 is 20.9 Å². The van der Waals surface area contributed by atoms with Gasteiger partial charge >= 0.3 is 6.03 Å². The van der Waals surface area contributed by atoms with Gasteiger partial charge in [-0.05, 0) is 48.7 Å². The molecule has 2 aromatic carbocycles. The molecule has 1 heterocycles. The molecule has 0 aromatic heterocycles. The minimum atomic E-state index is -0.487. The molecule has 29 heavy (non-hydrogen) atoms. The van der Waals surface area contributed by atoms with Crippen LogP contribution in [0.5, 0.6) is 0 Å². The number of amides is 2. The van der Waals surface area contributed by atoms with Crippen LogP contribution in [0.3, 0.4) is 0 Å². The first-order valence-corrected chi connectivity index (χ1v) is 9.58. The van der Waals surface area contributed by atoms with Crippen molar-refractivity contribution in [3.8, 4) is 0 Å². The minimum absolute atomic E-state index is 0.0813. The number of halogens is 2. The van der Waals surface area contributed by atoms with Crippen molar-refractivity contribution in [2.24, 2.45) is 4.99 Å². The number of hydrogen-bond donors (Lipinski definition) is 3. The van der Waals surface area contributed by atoms with Gasteiger partial charge in [0.2, 0.25) is 0 Å². The van der Waals surface area contributed by atoms with Gasteiger partial charge in [0.1, 0.15) is 11.6 Å². The summed E-state index contributed by atoms with van der Waals surface area (Å²) in [4.78, 5) is 18.1. The number of benzene rings is 2. The van der Waals surface area contributed by atoms with Crippen LogP contribution in [-0.4, -0.2) is 37.0 Å². The van der Waals surface area contributed by atoms with Gasteiger partial charge in [0.15, 0.2) is 5.96 Å². The molecular weight excluding hydrogens is 376 g/mol. The minimum Gasteiger partial charge on any atom is -0.352 e. The van der Waals surface area contributed by atoms with Gasteiger partial charge in [0.05, 0.1) is 0 Å². The van der Waals surface area contributed by atoms with Crippen molar-refractivity contribution in [1.82, 2.24) is 15.5 Å². The summed E-state index contributed by atoms with van der Waals surface area (Å²) < 4.78 is 27.0. The second-order valence-corrected chi connectivity index (χ2v) is 6.84. The Morgan fingerprint density at radius 2 is 1.83 bits per heavy atom. The number of nitrogens with zero attached hydrogens (tertiary/aromatic N) is 2. The molecule has 154 valence electrons. The van der Waals surface area contributed by atoms with Crippen molar-refractivity contribution in [2.45, 2.75) is 25.9 Å². The van der Waals surface area contributed by atoms with E-state index in [1.165, 1.54) is 0 Å². The lowest BCUT2D eigenvalue weighted by molar-refractivity contribution is 0.222. The predicted octanol–water partition coefficient (Wildman–Crippen LogP) is 3.46. The number of carbonyl (C=O) groups excluding carboxylic acids is 1. The standard InChI is InChI=1S/C21H25F2N5O/c1-24-20(26-14-16-12-17(22)7-8-19(16)23)25-13-15-5-4-6-18(11-15)27-21(29)28-9-2-3-10-28/h4-8,11-12H,2-3,9-10,13-14H2,1H3,(H,27,29)(H2,24,25,26). The summed E-state index contributed by atoms with van der Waals surface area (Å²) in [5.74, 6) is -0.505. The number of guanidine groups is 1. The molecule has 3 rings (SSSR count). The van der Waals surface area contributed by atoms with Gasteiger partial charge in [-0.1, -0.05) is 12.1 Å². The maximum atomic E-state index is 13.7. The Bertz CT molecular complexity index is 881. The molecule has 1 aliphatic heterocycles. The highest BCUT2D eigenvalue weighted by Gasteiger charge is 2.17. The average molecular weight is 401 g/mol. The molecule has 0 radical (unpaired) electrons. The van der Waals surface area contributed by atoms with E-state index in [9.17, 15) is 13.6 Å². The molecule has 0 spiro atoms. The maximum Gasteiger partial charge on any atom is 0.321 e. The fourth-order valence-corrected chi connectivity index (χ4v) is 3.15. The molecule has 0 bridgehead atoms. The van der Waals surface area contributed by atoms with E-state index in [0.29, 0.717) is 12.5 Å². The van der Waals surface area contributed by atoms with Crippen LogP contribution in [0.25, 0.3) is 0 Å². The largest absolute Gasteiger partial charge is 0.352 e. The second-order valence-electron chi connectivity index (χ2n) is 6.84. The zero-order valence-corrected chi connectivity index (χ0v) is 16.3. The molecule has 2 aromatic rings. The Morgan fingerprint density at radius 1 is 1.07 bits per heavy atom. The van der Waals surface area contributed by atoms with Crippen molar-refractivity contribution in [1.29, 1.82) is 0 Å². The second kappa shape index (κ2) is 9.86. The van der Waals surface area contributed by atoms with Crippen LogP contribution < -0.4 is 16.0 Å². The fraction of sp³-hybridized carbons (Fsp3) is 0.333. The van der Waals surface area contributed by atoms with Crippen molar-refractivity contribution < 1.29 is 13.6 Å². The fourth-order valence-electron chi connectivity index (χ4n) is 3.15. The number of hydrogen-bond acceptors (Lipinski definition) is 2. The van der Waals surface area contributed by atoms with Crippen LogP contribution >= 0.6 is 0 Å². The van der Waals surface area contributed by atoms with E-state index in [1.807, 2.05) is 29.2 Å². The van der Waals surface area contributed by atoms with E-state index >= 15 is 0 Å². The lowest BCUT2D eigenvalue weighted by Crippen LogP contribution is -2.36. The Balaban J connectivity index is 1.52. The summed E-state index contributed by atoms with van der Waals surface area (Å²) in [5.41, 5.74) is 1.90. The molecule has 0 saturated carbocycles. The highest BCUT2D eigenvalue weighted by Crippen LogP contribution is 2.14. The predicted molar refractivity (Wildman–Crippen MR) is 110 cm³/mol. The molecule has 2 amide bonds. The molecule has 0 unspecified atom stereocenters. The Morgan fingerprint density at radius 3 is 2.59 bits per heavy atom. The van der Waals surface area contributed by atoms with Crippen molar-refractivity contribution >= 4 is 17.7 Å². The summed E-state index contributed by atoms with van der Waals surface area (Å²) >= 11 is 0. The number of aliphatic imine (C=N–C) groups is 1. The highest BCUT2D eigenvalue weighted by molar-refractivity contribution is 5.89. The first-order valence-electron chi connectivity index (χ1n) is 9.58. The Labute approximate surface area is 169 Å². The van der Waals surface area contributed by atoms with Crippen LogP contribution in [0, 0.1) is 11.6 Å². The van der Waals surface area contributed by atoms with Crippen molar-refractivity contribution in [2.75, 3.05) is 25.5 Å². The lowest BCUT2D eigenvalue weighted by atomic mass is 10.2. The Kier molecular flexibility index (Phi) is 6.99. The normalized spacial score (nSPS) is 14.0. The quantitative estimate of drug-likeness (QED) is 0.531. The molecule has 1 aliphatic rings. The number of anilines is 1. The monoisotopic (exact) mass is 401 g/mol. The molecule has 3 N–H and O–H groups in total. The van der Waals surface area contributed by atoms with E-state index in [1.54, 1.807) is 7.05 Å². The molecule has 1 saturated heterocycles. The summed E-state index contributed by atoms with van der Waals surface area (Å²) in [6, 6.07) is 10.8. The number of rotatable bonds is 5. The SMILES string of the molecule is CN=C(NCc1cccc(NC(=O)N2CCCC2)c1)NCc1cc(F)ccc1F. The summed E-state index contributed by atoms with van der Waals surface area (Å²) in [6.07, 6.45) is 2.09. The number of likely N-dealkylation sites (tertiary alicyclic amines) is 1. The first kappa shape index (κ1) is 20.6. The van der Waals surface area contributed by atoms with E-state index in [2.05, 4.69) is 20.9 Å². The van der Waals surface area contributed by atoms with Gasteiger partial charge in [-0.15, -0.1) is 0 Å². The van der Waals surface area contributed by atoms with E-state index in [-0.39, 0.29) is 18.1 Å². The lowest BCUT2D eigenvalue weighted by Gasteiger charge is -2.17. The van der Waals surface area contributed by atoms with E-state index in [4.69, 9.17) is 0 Å². The zero-order chi connectivity index (χ0) is 20.6. The zero-order valence-electron chi connectivity index (χ0n) is 16.3. The van der Waals surface area contributed by atoms with Crippen LogP contribution in [0.1, 0.15) is 24.0 Å². The van der Waals surface area contributed by atoms with Gasteiger partial charge in [-0.2, -0.15) is 0 Å². The van der Waals surface area contributed by atoms with Crippen molar-refractivity contribution in [3.63, 3.8) is 0 Å². The third kappa shape index (κ3) is 5.91. The van der Waals surface area contributed by atoms with Crippen LogP contribution in [0.2, 0.25) is 0 Å². The molecule has 6 nitrogen and oxygen atoms in total. The third-order valence-corrected chi connectivity index (χ3v) is 4.71. The molecule has 8 heteroatoms. The van der Waals surface area contributed by atoms with Crippen molar-refractivity contribution in [3.05, 3.63) is 65.2 Å². The van der Waals surface area contributed by atoms with Gasteiger partial charge in [0.25, 0.3) is 0 Å². The van der Waals surface area contributed by atoms with Crippen LogP contribution in [-0.2, 0) is 13.1 Å². The highest BCUT2D eigenvalue weighted by atomic mass is 19.1. The molecule has 1 fully saturated rings. The number of nitrogens with one attached hydrogen (secondary N) is 3. The van der Waals surface area contributed by atoms with Gasteiger partial charge in [-0.3, -0.25) is 4.99 Å². The topological polar surface area (TPSA) is 68.8 Å². The van der Waals surface area contributed by atoms with Gasteiger partial charge in [-0.25, -0.2) is 13.6 Å². The number of urea groups is 1. The first-order chi connectivity index (χ1) is 14.0. The van der Waals surface area contributed by atoms with E-state index < -0.39 is 11.6 Å². The van der Waals surface area contributed by atoms with Crippen LogP contribution in [0.4, 0.5) is 19.3 Å². The maximum absolute atomic E-state index is 13.7. The summed E-state index contributed by atoms with van der Waals surface area (Å²) in [6.45, 7) is 2.15. The number of carbonyl (C=O) groups is 1. The summed E-state index contributed by atoms with van der Waals surface area (Å²) in [7, 11) is 1.60.